The molecule has 2 aliphatic heterocycles. The third kappa shape index (κ3) is 5.77. The van der Waals surface area contributed by atoms with Crippen molar-refractivity contribution in [2.24, 2.45) is 10.9 Å². The average Bonchev–Trinajstić information content (AvgIpc) is 3.43. The van der Waals surface area contributed by atoms with Crippen LogP contribution in [0.5, 0.6) is 0 Å². The lowest BCUT2D eigenvalue weighted by molar-refractivity contribution is -0.142. The minimum Gasteiger partial charge on any atom is -0.314 e. The zero-order chi connectivity index (χ0) is 29.7. The SMILES string of the molecule is CN1C(=O)C2C(CC(=O)N=c3scc(-c4ccc(F)c(C(F)(F)F)c4F)n3COP(=O)(O)O)=CSC2N(C)C1=O. The van der Waals surface area contributed by atoms with Gasteiger partial charge in [-0.3, -0.25) is 23.6 Å². The first-order valence-corrected chi connectivity index (χ1v) is 14.3. The Hall–Kier alpha value is -2.89. The molecule has 11 nitrogen and oxygen atoms in total. The van der Waals surface area contributed by atoms with Crippen LogP contribution < -0.4 is 4.80 Å². The van der Waals surface area contributed by atoms with Gasteiger partial charge in [-0.2, -0.15) is 18.2 Å². The summed E-state index contributed by atoms with van der Waals surface area (Å²) in [4.78, 5) is 61.7. The van der Waals surface area contributed by atoms with Crippen LogP contribution in [0.4, 0.5) is 26.7 Å². The number of carbonyl (C=O) groups excluding carboxylic acids is 3. The Morgan fingerprint density at radius 2 is 1.88 bits per heavy atom. The minimum absolute atomic E-state index is 0.340. The number of phosphoric ester groups is 1. The lowest BCUT2D eigenvalue weighted by Crippen LogP contribution is -2.57. The monoisotopic (exact) mass is 628 g/mol. The fraction of sp³-hybridized carbons (Fsp3) is 0.333. The molecule has 0 saturated carbocycles. The molecule has 0 bridgehead atoms. The number of hydrogen-bond acceptors (Lipinski definition) is 7. The average molecular weight is 628 g/mol. The van der Waals surface area contributed by atoms with Crippen molar-refractivity contribution >= 4 is 48.8 Å². The van der Waals surface area contributed by atoms with E-state index in [0.717, 1.165) is 26.6 Å². The molecule has 2 atom stereocenters. The van der Waals surface area contributed by atoms with Gasteiger partial charge in [-0.25, -0.2) is 18.1 Å². The van der Waals surface area contributed by atoms with Crippen molar-refractivity contribution < 1.29 is 55.2 Å². The van der Waals surface area contributed by atoms with Gasteiger partial charge in [0.05, 0.1) is 23.4 Å². The maximum atomic E-state index is 14.9. The van der Waals surface area contributed by atoms with E-state index in [9.17, 15) is 40.9 Å². The van der Waals surface area contributed by atoms with Crippen LogP contribution in [0.3, 0.4) is 0 Å². The van der Waals surface area contributed by atoms with E-state index in [4.69, 9.17) is 9.79 Å². The molecule has 3 heterocycles. The first kappa shape index (κ1) is 30.1. The summed E-state index contributed by atoms with van der Waals surface area (Å²) in [5, 5.41) is 2.01. The highest BCUT2D eigenvalue weighted by atomic mass is 32.2. The van der Waals surface area contributed by atoms with Gasteiger partial charge in [-0.05, 0) is 23.1 Å². The molecule has 1 aromatic heterocycles. The van der Waals surface area contributed by atoms with E-state index in [1.54, 1.807) is 5.41 Å². The topological polar surface area (TPSA) is 142 Å². The third-order valence-electron chi connectivity index (χ3n) is 5.99. The number of halogens is 5. The summed E-state index contributed by atoms with van der Waals surface area (Å²) in [6.45, 7) is -1.06. The quantitative estimate of drug-likeness (QED) is 0.366. The maximum Gasteiger partial charge on any atom is 0.471 e. The number of carbonyl (C=O) groups is 3. The van der Waals surface area contributed by atoms with Gasteiger partial charge >= 0.3 is 20.0 Å². The molecular weight excluding hydrogens is 610 g/mol. The number of aromatic nitrogens is 1. The summed E-state index contributed by atoms with van der Waals surface area (Å²) in [6, 6.07) is 0.532. The molecular formula is C21H18F5N4O7PS2. The number of imide groups is 1. The van der Waals surface area contributed by atoms with E-state index >= 15 is 0 Å². The van der Waals surface area contributed by atoms with Gasteiger partial charge in [0.25, 0.3) is 5.91 Å². The van der Waals surface area contributed by atoms with E-state index in [1.165, 1.54) is 19.0 Å². The van der Waals surface area contributed by atoms with Gasteiger partial charge in [-0.1, -0.05) is 0 Å². The van der Waals surface area contributed by atoms with E-state index < -0.39 is 84.7 Å². The summed E-state index contributed by atoms with van der Waals surface area (Å²) >= 11 is 1.76. The molecule has 1 fully saturated rings. The zero-order valence-corrected chi connectivity index (χ0v) is 22.8. The molecule has 4 rings (SSSR count). The Kier molecular flexibility index (Phi) is 8.14. The van der Waals surface area contributed by atoms with Crippen LogP contribution in [0, 0.1) is 17.6 Å². The minimum atomic E-state index is -5.40. The van der Waals surface area contributed by atoms with E-state index in [-0.39, 0.29) is 4.80 Å². The summed E-state index contributed by atoms with van der Waals surface area (Å²) in [6.07, 6.45) is -5.81. The number of thioether (sulfide) groups is 1. The highest BCUT2D eigenvalue weighted by Crippen LogP contribution is 2.43. The number of fused-ring (bicyclic) bond motifs is 1. The molecule has 40 heavy (non-hydrogen) atoms. The number of phosphoric acid groups is 1. The fourth-order valence-electron chi connectivity index (χ4n) is 4.11. The summed E-state index contributed by atoms with van der Waals surface area (Å²) < 4.78 is 84.9. The van der Waals surface area contributed by atoms with Crippen molar-refractivity contribution in [2.45, 2.75) is 24.7 Å². The number of rotatable bonds is 6. The maximum absolute atomic E-state index is 14.9. The van der Waals surface area contributed by atoms with Crippen molar-refractivity contribution in [3.05, 3.63) is 50.5 Å². The van der Waals surface area contributed by atoms with Gasteiger partial charge in [0.15, 0.2) is 4.80 Å². The van der Waals surface area contributed by atoms with Crippen molar-refractivity contribution in [3.63, 3.8) is 0 Å². The Bertz CT molecular complexity index is 1550. The molecule has 1 aromatic carbocycles. The highest BCUT2D eigenvalue weighted by molar-refractivity contribution is 8.03. The van der Waals surface area contributed by atoms with Crippen LogP contribution in [-0.2, 0) is 31.6 Å². The second kappa shape index (κ2) is 10.8. The number of nitrogens with zero attached hydrogens (tertiary/aromatic N) is 4. The van der Waals surface area contributed by atoms with Gasteiger partial charge in [0.2, 0.25) is 5.91 Å². The van der Waals surface area contributed by atoms with Crippen molar-refractivity contribution in [1.29, 1.82) is 0 Å². The van der Waals surface area contributed by atoms with Crippen LogP contribution in [0.2, 0.25) is 0 Å². The molecule has 19 heteroatoms. The van der Waals surface area contributed by atoms with Crippen LogP contribution in [0.1, 0.15) is 12.0 Å². The smallest absolute Gasteiger partial charge is 0.314 e. The molecule has 2 N–H and O–H groups in total. The number of urea groups is 1. The van der Waals surface area contributed by atoms with Crippen molar-refractivity contribution in [3.8, 4) is 11.3 Å². The molecule has 2 aliphatic rings. The lowest BCUT2D eigenvalue weighted by atomic mass is 9.94. The largest absolute Gasteiger partial charge is 0.471 e. The van der Waals surface area contributed by atoms with Crippen LogP contribution in [0.25, 0.3) is 11.3 Å². The zero-order valence-electron chi connectivity index (χ0n) is 20.3. The normalized spacial score (nSPS) is 20.3. The van der Waals surface area contributed by atoms with Crippen LogP contribution >= 0.6 is 30.9 Å². The fourth-order valence-corrected chi connectivity index (χ4v) is 6.55. The van der Waals surface area contributed by atoms with Crippen LogP contribution in [0.15, 0.2) is 33.5 Å². The highest BCUT2D eigenvalue weighted by Gasteiger charge is 2.48. The Morgan fingerprint density at radius 1 is 1.20 bits per heavy atom. The van der Waals surface area contributed by atoms with Gasteiger partial charge in [0, 0.05) is 25.0 Å². The van der Waals surface area contributed by atoms with E-state index in [1.807, 2.05) is 0 Å². The lowest BCUT2D eigenvalue weighted by Gasteiger charge is -2.38. The van der Waals surface area contributed by atoms with Gasteiger partial charge in [0.1, 0.15) is 23.9 Å². The number of benzene rings is 1. The molecule has 0 radical (unpaired) electrons. The number of thiazole rings is 1. The van der Waals surface area contributed by atoms with Crippen LogP contribution in [-0.4, -0.2) is 61.5 Å². The van der Waals surface area contributed by atoms with Crippen molar-refractivity contribution in [2.75, 3.05) is 14.1 Å². The number of amides is 4. The molecule has 216 valence electrons. The molecule has 0 spiro atoms. The first-order valence-electron chi connectivity index (χ1n) is 10.9. The summed E-state index contributed by atoms with van der Waals surface area (Å²) in [5.41, 5.74) is -3.07. The molecule has 2 unspecified atom stereocenters. The van der Waals surface area contributed by atoms with Gasteiger partial charge in [-0.15, -0.1) is 23.1 Å². The Labute approximate surface area is 229 Å². The first-order chi connectivity index (χ1) is 18.5. The summed E-state index contributed by atoms with van der Waals surface area (Å²) in [5.74, 6) is -6.11. The van der Waals surface area contributed by atoms with E-state index in [0.29, 0.717) is 29.0 Å². The van der Waals surface area contributed by atoms with Gasteiger partial charge < -0.3 is 14.7 Å². The second-order valence-electron chi connectivity index (χ2n) is 8.53. The van der Waals surface area contributed by atoms with Crippen molar-refractivity contribution in [1.82, 2.24) is 14.4 Å². The predicted octanol–water partition coefficient (Wildman–Crippen LogP) is 3.49. The predicted molar refractivity (Wildman–Crippen MR) is 130 cm³/mol. The Morgan fingerprint density at radius 3 is 2.50 bits per heavy atom. The second-order valence-corrected chi connectivity index (χ2v) is 11.6. The summed E-state index contributed by atoms with van der Waals surface area (Å²) in [7, 11) is -2.37. The number of alkyl halides is 3. The molecule has 4 amide bonds. The Balaban J connectivity index is 1.71. The molecule has 2 aromatic rings. The standard InChI is InChI=1S/C21H18F5N4O7PS2/c1-28-17(32)14-9(6-39-18(14)29(2)20(28)33)5-13(31)27-19-30(8-37-38(34,35)36)12(7-40-19)10-3-4-11(22)15(16(10)23)21(24,25)26/h3-4,6-7,14,18H,5,8H2,1-2H3,(H2,34,35,36). The molecule has 0 aliphatic carbocycles. The molecule has 1 saturated heterocycles. The number of hydrogen-bond donors (Lipinski definition) is 2. The van der Waals surface area contributed by atoms with E-state index in [2.05, 4.69) is 9.52 Å². The third-order valence-corrected chi connectivity index (χ3v) is 8.61.